The van der Waals surface area contributed by atoms with Crippen LogP contribution in [-0.4, -0.2) is 29.9 Å². The van der Waals surface area contributed by atoms with Crippen molar-refractivity contribution in [2.24, 2.45) is 17.6 Å². The van der Waals surface area contributed by atoms with E-state index in [1.165, 1.54) is 37.1 Å². The van der Waals surface area contributed by atoms with Crippen molar-refractivity contribution < 1.29 is 4.79 Å². The number of piperidine rings is 1. The molecule has 1 aromatic carbocycles. The molecule has 0 bridgehead atoms. The molecule has 24 heavy (non-hydrogen) atoms. The lowest BCUT2D eigenvalue weighted by atomic mass is 9.99. The third-order valence-corrected chi connectivity index (χ3v) is 5.55. The van der Waals surface area contributed by atoms with E-state index in [-0.39, 0.29) is 17.9 Å². The summed E-state index contributed by atoms with van der Waals surface area (Å²) >= 11 is 0. The monoisotopic (exact) mass is 329 g/mol. The zero-order valence-electron chi connectivity index (χ0n) is 14.8. The van der Waals surface area contributed by atoms with Crippen LogP contribution in [-0.2, 0) is 17.9 Å². The molecule has 3 N–H and O–H groups in total. The molecule has 1 aliphatic carbocycles. The number of amides is 1. The van der Waals surface area contributed by atoms with E-state index in [1.54, 1.807) is 0 Å². The molecule has 1 aliphatic heterocycles. The van der Waals surface area contributed by atoms with Crippen LogP contribution in [0.3, 0.4) is 0 Å². The smallest absolute Gasteiger partial charge is 0.223 e. The molecule has 1 amide bonds. The van der Waals surface area contributed by atoms with Crippen LogP contribution in [0, 0.1) is 11.8 Å². The number of hydrogen-bond donors (Lipinski definition) is 2. The number of benzene rings is 1. The van der Waals surface area contributed by atoms with Crippen molar-refractivity contribution in [2.45, 2.75) is 58.2 Å². The number of nitrogens with one attached hydrogen (secondary N) is 1. The van der Waals surface area contributed by atoms with E-state index in [1.807, 2.05) is 0 Å². The molecular formula is C20H31N3O. The molecule has 4 nitrogen and oxygen atoms in total. The Kier molecular flexibility index (Phi) is 5.90. The Balaban J connectivity index is 1.56. The normalized spacial score (nSPS) is 28.0. The van der Waals surface area contributed by atoms with Gasteiger partial charge in [-0.05, 0) is 55.7 Å². The third-order valence-electron chi connectivity index (χ3n) is 5.55. The largest absolute Gasteiger partial charge is 0.352 e. The van der Waals surface area contributed by atoms with Crippen LogP contribution in [0.2, 0.25) is 0 Å². The molecule has 1 saturated heterocycles. The zero-order valence-corrected chi connectivity index (χ0v) is 14.8. The van der Waals surface area contributed by atoms with Gasteiger partial charge < -0.3 is 11.1 Å². The van der Waals surface area contributed by atoms with Crippen LogP contribution in [0.1, 0.15) is 50.2 Å². The van der Waals surface area contributed by atoms with E-state index in [0.717, 1.165) is 31.7 Å². The average molecular weight is 329 g/mol. The van der Waals surface area contributed by atoms with Crippen LogP contribution >= 0.6 is 0 Å². The fourth-order valence-electron chi connectivity index (χ4n) is 4.14. The summed E-state index contributed by atoms with van der Waals surface area (Å²) < 4.78 is 0. The highest BCUT2D eigenvalue weighted by atomic mass is 16.1. The second-order valence-electron chi connectivity index (χ2n) is 7.74. The summed E-state index contributed by atoms with van der Waals surface area (Å²) in [6, 6.07) is 8.71. The predicted molar refractivity (Wildman–Crippen MR) is 97.3 cm³/mol. The van der Waals surface area contributed by atoms with Crippen molar-refractivity contribution in [1.29, 1.82) is 0 Å². The summed E-state index contributed by atoms with van der Waals surface area (Å²) in [5.41, 5.74) is 8.51. The van der Waals surface area contributed by atoms with E-state index in [4.69, 9.17) is 5.73 Å². The van der Waals surface area contributed by atoms with Gasteiger partial charge in [-0.15, -0.1) is 0 Å². The van der Waals surface area contributed by atoms with Gasteiger partial charge in [-0.1, -0.05) is 31.2 Å². The number of hydrogen-bond acceptors (Lipinski definition) is 3. The minimum absolute atomic E-state index is 0.107. The number of carbonyl (C=O) groups is 1. The first-order chi connectivity index (χ1) is 11.6. The highest BCUT2D eigenvalue weighted by molar-refractivity contribution is 5.79. The fraction of sp³-hybridized carbons (Fsp3) is 0.650. The van der Waals surface area contributed by atoms with Gasteiger partial charge in [0.15, 0.2) is 0 Å². The van der Waals surface area contributed by atoms with Gasteiger partial charge in [0, 0.05) is 31.6 Å². The van der Waals surface area contributed by atoms with E-state index >= 15 is 0 Å². The van der Waals surface area contributed by atoms with E-state index in [9.17, 15) is 4.79 Å². The Morgan fingerprint density at radius 1 is 1.25 bits per heavy atom. The molecule has 1 heterocycles. The molecule has 1 saturated carbocycles. The minimum Gasteiger partial charge on any atom is -0.352 e. The molecule has 0 aromatic heterocycles. The standard InChI is InChI=1S/C20H31N3O/c1-15-5-4-10-23(13-15)14-18-7-3-2-6-17(18)12-22-20(24)16-8-9-19(21)11-16/h2-3,6-7,15-16,19H,4-5,8-14,21H2,1H3,(H,22,24). The van der Waals surface area contributed by atoms with Gasteiger partial charge in [0.2, 0.25) is 5.91 Å². The fourth-order valence-corrected chi connectivity index (χ4v) is 4.14. The van der Waals surface area contributed by atoms with Crippen molar-refractivity contribution in [3.63, 3.8) is 0 Å². The maximum atomic E-state index is 12.3. The van der Waals surface area contributed by atoms with Crippen molar-refractivity contribution in [1.82, 2.24) is 10.2 Å². The van der Waals surface area contributed by atoms with E-state index in [2.05, 4.69) is 41.4 Å². The van der Waals surface area contributed by atoms with Gasteiger partial charge in [-0.25, -0.2) is 0 Å². The molecule has 4 heteroatoms. The van der Waals surface area contributed by atoms with E-state index < -0.39 is 0 Å². The first kappa shape index (κ1) is 17.4. The van der Waals surface area contributed by atoms with Crippen LogP contribution in [0.4, 0.5) is 0 Å². The van der Waals surface area contributed by atoms with Gasteiger partial charge in [-0.3, -0.25) is 9.69 Å². The SMILES string of the molecule is CC1CCCN(Cc2ccccc2CNC(=O)C2CCC(N)C2)C1. The van der Waals surface area contributed by atoms with Gasteiger partial charge in [0.05, 0.1) is 0 Å². The zero-order chi connectivity index (χ0) is 16.9. The Morgan fingerprint density at radius 2 is 2.04 bits per heavy atom. The van der Waals surface area contributed by atoms with Gasteiger partial charge in [0.25, 0.3) is 0 Å². The number of likely N-dealkylation sites (tertiary alicyclic amines) is 1. The van der Waals surface area contributed by atoms with Crippen molar-refractivity contribution in [3.8, 4) is 0 Å². The number of carbonyl (C=O) groups excluding carboxylic acids is 1. The highest BCUT2D eigenvalue weighted by Gasteiger charge is 2.27. The average Bonchev–Trinajstić information content (AvgIpc) is 3.00. The number of nitrogens with zero attached hydrogens (tertiary/aromatic N) is 1. The molecule has 0 radical (unpaired) electrons. The number of nitrogens with two attached hydrogens (primary N) is 1. The molecule has 3 atom stereocenters. The lowest BCUT2D eigenvalue weighted by molar-refractivity contribution is -0.125. The highest BCUT2D eigenvalue weighted by Crippen LogP contribution is 2.24. The summed E-state index contributed by atoms with van der Waals surface area (Å²) in [5.74, 6) is 1.07. The Bertz CT molecular complexity index is 560. The lowest BCUT2D eigenvalue weighted by Gasteiger charge is -2.31. The van der Waals surface area contributed by atoms with Gasteiger partial charge in [0.1, 0.15) is 0 Å². The van der Waals surface area contributed by atoms with E-state index in [0.29, 0.717) is 6.54 Å². The van der Waals surface area contributed by atoms with Crippen LogP contribution in [0.25, 0.3) is 0 Å². The lowest BCUT2D eigenvalue weighted by Crippen LogP contribution is -2.34. The second kappa shape index (κ2) is 8.13. The Hall–Kier alpha value is -1.39. The van der Waals surface area contributed by atoms with Crippen LogP contribution in [0.15, 0.2) is 24.3 Å². The maximum Gasteiger partial charge on any atom is 0.223 e. The first-order valence-electron chi connectivity index (χ1n) is 9.44. The molecule has 2 aliphatic rings. The van der Waals surface area contributed by atoms with Crippen molar-refractivity contribution >= 4 is 5.91 Å². The molecule has 3 rings (SSSR count). The quantitative estimate of drug-likeness (QED) is 0.873. The Morgan fingerprint density at radius 3 is 2.75 bits per heavy atom. The second-order valence-corrected chi connectivity index (χ2v) is 7.74. The van der Waals surface area contributed by atoms with Gasteiger partial charge >= 0.3 is 0 Å². The summed E-state index contributed by atoms with van der Waals surface area (Å²) in [4.78, 5) is 14.9. The van der Waals surface area contributed by atoms with Crippen molar-refractivity contribution in [2.75, 3.05) is 13.1 Å². The maximum absolute atomic E-state index is 12.3. The summed E-state index contributed by atoms with van der Waals surface area (Å²) in [6.45, 7) is 6.32. The molecule has 0 spiro atoms. The summed E-state index contributed by atoms with van der Waals surface area (Å²) in [6.07, 6.45) is 5.38. The molecule has 3 unspecified atom stereocenters. The number of rotatable bonds is 5. The van der Waals surface area contributed by atoms with Crippen molar-refractivity contribution in [3.05, 3.63) is 35.4 Å². The van der Waals surface area contributed by atoms with Crippen LogP contribution < -0.4 is 11.1 Å². The summed E-state index contributed by atoms with van der Waals surface area (Å²) in [7, 11) is 0. The Labute approximate surface area is 145 Å². The molecule has 132 valence electrons. The predicted octanol–water partition coefficient (Wildman–Crippen LogP) is 2.66. The molecule has 1 aromatic rings. The third kappa shape index (κ3) is 4.58. The van der Waals surface area contributed by atoms with Crippen LogP contribution in [0.5, 0.6) is 0 Å². The first-order valence-corrected chi connectivity index (χ1v) is 9.44. The topological polar surface area (TPSA) is 58.4 Å². The van der Waals surface area contributed by atoms with Gasteiger partial charge in [-0.2, -0.15) is 0 Å². The summed E-state index contributed by atoms with van der Waals surface area (Å²) in [5, 5.41) is 3.13. The molecular weight excluding hydrogens is 298 g/mol. The minimum atomic E-state index is 0.107. The molecule has 2 fully saturated rings.